The number of hydrogen-bond acceptors (Lipinski definition) is 5. The van der Waals surface area contributed by atoms with Crippen LogP contribution in [0, 0.1) is 23.2 Å². The average molecular weight is 558 g/mol. The first kappa shape index (κ1) is 29.9. The summed E-state index contributed by atoms with van der Waals surface area (Å²) in [6.07, 6.45) is 2.22. The topological polar surface area (TPSA) is 98.7 Å². The van der Waals surface area contributed by atoms with Gasteiger partial charge in [-0.15, -0.1) is 11.8 Å². The van der Waals surface area contributed by atoms with Crippen LogP contribution in [0.15, 0.2) is 30.3 Å². The summed E-state index contributed by atoms with van der Waals surface area (Å²) in [4.78, 5) is 44.1. The zero-order valence-electron chi connectivity index (χ0n) is 24.8. The summed E-state index contributed by atoms with van der Waals surface area (Å²) >= 11 is 1.67. The number of nitrogens with zero attached hydrogens (tertiary/aromatic N) is 1. The van der Waals surface area contributed by atoms with Gasteiger partial charge in [-0.05, 0) is 56.9 Å². The van der Waals surface area contributed by atoms with Crippen LogP contribution >= 0.6 is 11.8 Å². The molecule has 6 atom stereocenters. The van der Waals surface area contributed by atoms with Crippen molar-refractivity contribution in [2.75, 3.05) is 6.61 Å². The number of fused-ring (bicyclic) bond motifs is 1. The van der Waals surface area contributed by atoms with Crippen molar-refractivity contribution in [1.82, 2.24) is 15.5 Å². The maximum atomic E-state index is 14.4. The van der Waals surface area contributed by atoms with Crippen molar-refractivity contribution in [2.45, 2.75) is 108 Å². The van der Waals surface area contributed by atoms with Crippen molar-refractivity contribution in [1.29, 1.82) is 0 Å². The first-order chi connectivity index (χ1) is 18.1. The van der Waals surface area contributed by atoms with Crippen LogP contribution < -0.4 is 10.6 Å². The Morgan fingerprint density at radius 1 is 1.10 bits per heavy atom. The van der Waals surface area contributed by atoms with Crippen LogP contribution in [0.5, 0.6) is 0 Å². The molecule has 3 amide bonds. The van der Waals surface area contributed by atoms with E-state index in [0.29, 0.717) is 13.0 Å². The fourth-order valence-electron chi connectivity index (χ4n) is 7.71. The van der Waals surface area contributed by atoms with Gasteiger partial charge >= 0.3 is 0 Å². The molecular weight excluding hydrogens is 510 g/mol. The van der Waals surface area contributed by atoms with E-state index in [-0.39, 0.29) is 35.7 Å². The molecule has 0 aliphatic carbocycles. The number of hydrogen-bond donors (Lipinski definition) is 3. The van der Waals surface area contributed by atoms with Gasteiger partial charge in [-0.3, -0.25) is 14.4 Å². The molecule has 3 saturated heterocycles. The second-order valence-corrected chi connectivity index (χ2v) is 16.2. The third kappa shape index (κ3) is 5.48. The molecule has 8 heteroatoms. The fraction of sp³-hybridized carbons (Fsp3) is 0.710. The van der Waals surface area contributed by atoms with Gasteiger partial charge < -0.3 is 20.6 Å². The van der Waals surface area contributed by atoms with E-state index in [1.54, 1.807) is 16.7 Å². The number of aliphatic hydroxyl groups excluding tert-OH is 1. The maximum absolute atomic E-state index is 14.4. The highest BCUT2D eigenvalue weighted by Crippen LogP contribution is 2.71. The predicted octanol–water partition coefficient (Wildman–Crippen LogP) is 4.13. The normalized spacial score (nSPS) is 31.0. The largest absolute Gasteiger partial charge is 0.394 e. The standard InChI is InChI=1S/C31H47N3O4S/c1-19(2)21(17-35)34-24(26(37)33-29(6,7)18-28(3,4)5)31-15-14-30(8,39-31)22(23(31)27(34)38)25(36)32-16-20-12-10-9-11-13-20/h9-13,19,21-24,35H,14-18H2,1-8H3,(H,32,36)(H,33,37)/t21-,22-,23-,24?,30+,31?/m0/s1. The first-order valence-electron chi connectivity index (χ1n) is 14.3. The SMILES string of the molecule is CC(C)[C@H](CO)N1C(=O)[C@@H]2[C@@H](C(=O)NCc3ccccc3)[C@@]3(C)CCC2(S3)C1C(=O)NC(C)(C)CC(C)(C)C. The number of thioether (sulfide) groups is 1. The number of rotatable bonds is 9. The highest BCUT2D eigenvalue weighted by molar-refractivity contribution is 8.02. The van der Waals surface area contributed by atoms with Crippen LogP contribution in [-0.2, 0) is 20.9 Å². The molecule has 3 heterocycles. The van der Waals surface area contributed by atoms with Gasteiger partial charge in [0.1, 0.15) is 6.04 Å². The van der Waals surface area contributed by atoms with Crippen molar-refractivity contribution in [3.8, 4) is 0 Å². The lowest BCUT2D eigenvalue weighted by molar-refractivity contribution is -0.144. The van der Waals surface area contributed by atoms with Crippen molar-refractivity contribution in [3.05, 3.63) is 35.9 Å². The van der Waals surface area contributed by atoms with E-state index in [1.807, 2.05) is 58.0 Å². The zero-order chi connectivity index (χ0) is 29.0. The summed E-state index contributed by atoms with van der Waals surface area (Å²) in [5.41, 5.74) is 0.521. The molecule has 1 aromatic carbocycles. The van der Waals surface area contributed by atoms with Crippen molar-refractivity contribution in [3.63, 3.8) is 0 Å². The Labute approximate surface area is 238 Å². The number of likely N-dealkylation sites (tertiary alicyclic amines) is 1. The lowest BCUT2D eigenvalue weighted by Gasteiger charge is -2.41. The van der Waals surface area contributed by atoms with Gasteiger partial charge in [-0.2, -0.15) is 0 Å². The van der Waals surface area contributed by atoms with Gasteiger partial charge in [0.2, 0.25) is 17.7 Å². The molecule has 39 heavy (non-hydrogen) atoms. The van der Waals surface area contributed by atoms with Gasteiger partial charge in [0.15, 0.2) is 0 Å². The lowest BCUT2D eigenvalue weighted by atomic mass is 9.66. The van der Waals surface area contributed by atoms with E-state index in [2.05, 4.69) is 38.3 Å². The lowest BCUT2D eigenvalue weighted by Crippen LogP contribution is -2.60. The van der Waals surface area contributed by atoms with Crippen molar-refractivity contribution < 1.29 is 19.5 Å². The Morgan fingerprint density at radius 3 is 2.31 bits per heavy atom. The van der Waals surface area contributed by atoms with E-state index >= 15 is 0 Å². The predicted molar refractivity (Wildman–Crippen MR) is 156 cm³/mol. The second-order valence-electron chi connectivity index (χ2n) is 14.3. The molecule has 3 N–H and O–H groups in total. The number of carbonyl (C=O) groups excluding carboxylic acids is 3. The molecule has 216 valence electrons. The van der Waals surface area contributed by atoms with E-state index < -0.39 is 39.0 Å². The molecule has 3 fully saturated rings. The Morgan fingerprint density at radius 2 is 1.74 bits per heavy atom. The maximum Gasteiger partial charge on any atom is 0.244 e. The monoisotopic (exact) mass is 557 g/mol. The fourth-order valence-corrected chi connectivity index (χ4v) is 10.1. The summed E-state index contributed by atoms with van der Waals surface area (Å²) in [7, 11) is 0. The van der Waals surface area contributed by atoms with Crippen LogP contribution in [-0.4, -0.2) is 61.5 Å². The highest BCUT2D eigenvalue weighted by Gasteiger charge is 2.77. The number of aliphatic hydroxyl groups is 1. The van der Waals surface area contributed by atoms with E-state index in [9.17, 15) is 19.5 Å². The van der Waals surface area contributed by atoms with Crippen LogP contribution in [0.3, 0.4) is 0 Å². The number of amides is 3. The molecule has 3 aliphatic heterocycles. The van der Waals surface area contributed by atoms with Gasteiger partial charge in [0.25, 0.3) is 0 Å². The zero-order valence-corrected chi connectivity index (χ0v) is 25.7. The highest BCUT2D eigenvalue weighted by atomic mass is 32.2. The quantitative estimate of drug-likeness (QED) is 0.424. The van der Waals surface area contributed by atoms with Gasteiger partial charge in [-0.1, -0.05) is 65.0 Å². The molecule has 1 aromatic rings. The van der Waals surface area contributed by atoms with Crippen LogP contribution in [0.2, 0.25) is 0 Å². The minimum Gasteiger partial charge on any atom is -0.394 e. The molecule has 1 spiro atoms. The second kappa shape index (κ2) is 10.4. The minimum atomic E-state index is -0.743. The van der Waals surface area contributed by atoms with Crippen LogP contribution in [0.4, 0.5) is 0 Å². The molecule has 7 nitrogen and oxygen atoms in total. The number of benzene rings is 1. The Bertz CT molecular complexity index is 1100. The van der Waals surface area contributed by atoms with Crippen molar-refractivity contribution >= 4 is 29.5 Å². The summed E-state index contributed by atoms with van der Waals surface area (Å²) in [6.45, 7) is 16.7. The summed E-state index contributed by atoms with van der Waals surface area (Å²) in [5.74, 6) is -1.68. The third-order valence-corrected chi connectivity index (χ3v) is 10.8. The first-order valence-corrected chi connectivity index (χ1v) is 15.1. The molecular formula is C31H47N3O4S. The number of carbonyl (C=O) groups is 3. The van der Waals surface area contributed by atoms with Crippen molar-refractivity contribution in [2.24, 2.45) is 23.2 Å². The van der Waals surface area contributed by atoms with Gasteiger partial charge in [0, 0.05) is 16.8 Å². The molecule has 2 bridgehead atoms. The third-order valence-electron chi connectivity index (χ3n) is 8.80. The smallest absolute Gasteiger partial charge is 0.244 e. The molecule has 3 aliphatic rings. The van der Waals surface area contributed by atoms with E-state index in [1.165, 1.54) is 0 Å². The molecule has 0 aromatic heterocycles. The molecule has 0 saturated carbocycles. The number of nitrogens with one attached hydrogen (secondary N) is 2. The summed E-state index contributed by atoms with van der Waals surface area (Å²) in [6, 6.07) is 8.51. The van der Waals surface area contributed by atoms with Crippen LogP contribution in [0.1, 0.15) is 80.2 Å². The average Bonchev–Trinajstić information content (AvgIpc) is 3.37. The Hall–Kier alpha value is -2.06. The van der Waals surface area contributed by atoms with Crippen LogP contribution in [0.25, 0.3) is 0 Å². The Kier molecular flexibility index (Phi) is 7.98. The van der Waals surface area contributed by atoms with Gasteiger partial charge in [0.05, 0.1) is 29.2 Å². The van der Waals surface area contributed by atoms with Gasteiger partial charge in [-0.25, -0.2) is 0 Å². The molecule has 4 rings (SSSR count). The Balaban J connectivity index is 1.70. The summed E-state index contributed by atoms with van der Waals surface area (Å²) in [5, 5.41) is 16.8. The minimum absolute atomic E-state index is 0.00429. The van der Waals surface area contributed by atoms with E-state index in [4.69, 9.17) is 0 Å². The molecule has 0 radical (unpaired) electrons. The van der Waals surface area contributed by atoms with E-state index in [0.717, 1.165) is 18.4 Å². The molecule has 2 unspecified atom stereocenters. The summed E-state index contributed by atoms with van der Waals surface area (Å²) < 4.78 is -1.13.